The van der Waals surface area contributed by atoms with Crippen molar-refractivity contribution in [2.75, 3.05) is 40.5 Å². The zero-order valence-corrected chi connectivity index (χ0v) is 12.2. The maximum atomic E-state index is 12.2. The number of carbonyl (C=O) groups excluding carboxylic acids is 1. The van der Waals surface area contributed by atoms with Crippen LogP contribution < -0.4 is 0 Å². The average Bonchev–Trinajstić information content (AvgIpc) is 2.41. The molecule has 1 aromatic carbocycles. The predicted molar refractivity (Wildman–Crippen MR) is 75.5 cm³/mol. The summed E-state index contributed by atoms with van der Waals surface area (Å²) in [5.41, 5.74) is 0.953. The number of nitrogens with zero attached hydrogens (tertiary/aromatic N) is 1. The molecule has 4 nitrogen and oxygen atoms in total. The maximum absolute atomic E-state index is 12.2. The number of hydrogen-bond donors (Lipinski definition) is 0. The van der Waals surface area contributed by atoms with Crippen molar-refractivity contribution in [3.63, 3.8) is 0 Å². The fourth-order valence-electron chi connectivity index (χ4n) is 1.65. The lowest BCUT2D eigenvalue weighted by Crippen LogP contribution is -2.37. The molecule has 0 saturated heterocycles. The van der Waals surface area contributed by atoms with Crippen LogP contribution in [0.5, 0.6) is 0 Å². The monoisotopic (exact) mass is 285 g/mol. The van der Waals surface area contributed by atoms with Crippen molar-refractivity contribution in [2.24, 2.45) is 0 Å². The maximum Gasteiger partial charge on any atom is 0.227 e. The Labute approximate surface area is 119 Å². The van der Waals surface area contributed by atoms with E-state index >= 15 is 0 Å². The normalized spacial score (nSPS) is 10.5. The molecule has 0 radical (unpaired) electrons. The second-order valence-electron chi connectivity index (χ2n) is 4.17. The van der Waals surface area contributed by atoms with Crippen molar-refractivity contribution in [2.45, 2.75) is 6.42 Å². The van der Waals surface area contributed by atoms with Gasteiger partial charge in [-0.25, -0.2) is 0 Å². The van der Waals surface area contributed by atoms with E-state index in [9.17, 15) is 4.79 Å². The lowest BCUT2D eigenvalue weighted by Gasteiger charge is -2.22. The third-order valence-corrected chi connectivity index (χ3v) is 3.00. The fourth-order valence-corrected chi connectivity index (χ4v) is 1.78. The summed E-state index contributed by atoms with van der Waals surface area (Å²) in [6.45, 7) is 2.20. The summed E-state index contributed by atoms with van der Waals surface area (Å²) in [4.78, 5) is 13.9. The second kappa shape index (κ2) is 8.91. The predicted octanol–water partition coefficient (Wildman–Crippen LogP) is 2.00. The number of halogens is 1. The molecular formula is C14H20ClNO3. The fraction of sp³-hybridized carbons (Fsp3) is 0.500. The van der Waals surface area contributed by atoms with Gasteiger partial charge in [-0.05, 0) is 17.7 Å². The van der Waals surface area contributed by atoms with E-state index in [1.54, 1.807) is 31.3 Å². The van der Waals surface area contributed by atoms with E-state index in [4.69, 9.17) is 21.1 Å². The second-order valence-corrected chi connectivity index (χ2v) is 4.61. The van der Waals surface area contributed by atoms with Gasteiger partial charge in [-0.15, -0.1) is 0 Å². The molecule has 1 rings (SSSR count). The van der Waals surface area contributed by atoms with Crippen LogP contribution in [-0.2, 0) is 20.7 Å². The van der Waals surface area contributed by atoms with E-state index < -0.39 is 0 Å². The SMILES string of the molecule is COCCN(CCOC)C(=O)Cc1ccc(Cl)cc1. The molecule has 0 aromatic heterocycles. The quantitative estimate of drug-likeness (QED) is 0.733. The molecule has 0 aliphatic carbocycles. The van der Waals surface area contributed by atoms with E-state index in [2.05, 4.69) is 0 Å². The van der Waals surface area contributed by atoms with Crippen molar-refractivity contribution in [3.8, 4) is 0 Å². The minimum atomic E-state index is 0.0661. The minimum absolute atomic E-state index is 0.0661. The molecule has 0 saturated carbocycles. The standard InChI is InChI=1S/C14H20ClNO3/c1-18-9-7-16(8-10-19-2)14(17)11-12-3-5-13(15)6-4-12/h3-6H,7-11H2,1-2H3. The van der Waals surface area contributed by atoms with E-state index in [-0.39, 0.29) is 5.91 Å². The highest BCUT2D eigenvalue weighted by atomic mass is 35.5. The van der Waals surface area contributed by atoms with Crippen molar-refractivity contribution < 1.29 is 14.3 Å². The van der Waals surface area contributed by atoms with Crippen LogP contribution in [0, 0.1) is 0 Å². The summed E-state index contributed by atoms with van der Waals surface area (Å²) >= 11 is 5.82. The largest absolute Gasteiger partial charge is 0.383 e. The first-order valence-corrected chi connectivity index (χ1v) is 6.55. The van der Waals surface area contributed by atoms with Gasteiger partial charge in [0.15, 0.2) is 0 Å². The van der Waals surface area contributed by atoms with Crippen molar-refractivity contribution in [1.29, 1.82) is 0 Å². The summed E-state index contributed by atoms with van der Waals surface area (Å²) in [6, 6.07) is 7.31. The van der Waals surface area contributed by atoms with Gasteiger partial charge in [-0.3, -0.25) is 4.79 Å². The Hall–Kier alpha value is -1.10. The van der Waals surface area contributed by atoms with E-state index in [0.29, 0.717) is 37.7 Å². The smallest absolute Gasteiger partial charge is 0.227 e. The Balaban J connectivity index is 2.56. The number of benzene rings is 1. The molecule has 1 amide bonds. The molecule has 19 heavy (non-hydrogen) atoms. The summed E-state index contributed by atoms with van der Waals surface area (Å²) < 4.78 is 10.0. The third-order valence-electron chi connectivity index (χ3n) is 2.75. The Morgan fingerprint density at radius 1 is 1.11 bits per heavy atom. The Kier molecular flexibility index (Phi) is 7.48. The lowest BCUT2D eigenvalue weighted by molar-refractivity contribution is -0.131. The molecule has 0 N–H and O–H groups in total. The molecular weight excluding hydrogens is 266 g/mol. The highest BCUT2D eigenvalue weighted by Gasteiger charge is 2.13. The number of methoxy groups -OCH3 is 2. The van der Waals surface area contributed by atoms with Crippen LogP contribution in [0.1, 0.15) is 5.56 Å². The van der Waals surface area contributed by atoms with Crippen LogP contribution in [0.15, 0.2) is 24.3 Å². The zero-order chi connectivity index (χ0) is 14.1. The molecule has 5 heteroatoms. The number of hydrogen-bond acceptors (Lipinski definition) is 3. The van der Waals surface area contributed by atoms with Crippen LogP contribution in [0.4, 0.5) is 0 Å². The summed E-state index contributed by atoms with van der Waals surface area (Å²) in [7, 11) is 3.25. The number of carbonyl (C=O) groups is 1. The van der Waals surface area contributed by atoms with E-state index in [1.807, 2.05) is 12.1 Å². The first kappa shape index (κ1) is 16.0. The Morgan fingerprint density at radius 3 is 2.11 bits per heavy atom. The molecule has 0 fully saturated rings. The van der Waals surface area contributed by atoms with Crippen LogP contribution in [0.3, 0.4) is 0 Å². The highest BCUT2D eigenvalue weighted by Crippen LogP contribution is 2.10. The van der Waals surface area contributed by atoms with E-state index in [0.717, 1.165) is 5.56 Å². The van der Waals surface area contributed by atoms with Gasteiger partial charge in [0.05, 0.1) is 19.6 Å². The summed E-state index contributed by atoms with van der Waals surface area (Å²) in [6.07, 6.45) is 0.366. The van der Waals surface area contributed by atoms with E-state index in [1.165, 1.54) is 0 Å². The molecule has 0 unspecified atom stereocenters. The molecule has 0 spiro atoms. The van der Waals surface area contributed by atoms with Gasteiger partial charge in [0.2, 0.25) is 5.91 Å². The van der Waals surface area contributed by atoms with Crippen molar-refractivity contribution in [3.05, 3.63) is 34.9 Å². The Morgan fingerprint density at radius 2 is 1.63 bits per heavy atom. The first-order chi connectivity index (χ1) is 9.17. The van der Waals surface area contributed by atoms with Crippen molar-refractivity contribution >= 4 is 17.5 Å². The molecule has 0 atom stereocenters. The molecule has 0 aliphatic heterocycles. The van der Waals surface area contributed by atoms with Crippen LogP contribution in [-0.4, -0.2) is 51.3 Å². The van der Waals surface area contributed by atoms with Gasteiger partial charge < -0.3 is 14.4 Å². The summed E-state index contributed by atoms with van der Waals surface area (Å²) in [5, 5.41) is 0.673. The lowest BCUT2D eigenvalue weighted by atomic mass is 10.1. The topological polar surface area (TPSA) is 38.8 Å². The number of ether oxygens (including phenoxy) is 2. The summed E-state index contributed by atoms with van der Waals surface area (Å²) in [5.74, 6) is 0.0661. The average molecular weight is 286 g/mol. The Bertz CT molecular complexity index is 373. The van der Waals surface area contributed by atoms with Crippen LogP contribution in [0.2, 0.25) is 5.02 Å². The van der Waals surface area contributed by atoms with Gasteiger partial charge in [-0.2, -0.15) is 0 Å². The zero-order valence-electron chi connectivity index (χ0n) is 11.4. The van der Waals surface area contributed by atoms with Gasteiger partial charge >= 0.3 is 0 Å². The highest BCUT2D eigenvalue weighted by molar-refractivity contribution is 6.30. The van der Waals surface area contributed by atoms with Gasteiger partial charge in [0, 0.05) is 32.3 Å². The molecule has 1 aromatic rings. The van der Waals surface area contributed by atoms with Crippen LogP contribution in [0.25, 0.3) is 0 Å². The van der Waals surface area contributed by atoms with Gasteiger partial charge in [-0.1, -0.05) is 23.7 Å². The molecule has 106 valence electrons. The first-order valence-electron chi connectivity index (χ1n) is 6.17. The molecule has 0 aliphatic rings. The van der Waals surface area contributed by atoms with Crippen LogP contribution >= 0.6 is 11.6 Å². The third kappa shape index (κ3) is 6.05. The molecule has 0 bridgehead atoms. The minimum Gasteiger partial charge on any atom is -0.383 e. The number of amides is 1. The van der Waals surface area contributed by atoms with Gasteiger partial charge in [0.25, 0.3) is 0 Å². The molecule has 0 heterocycles. The van der Waals surface area contributed by atoms with Crippen molar-refractivity contribution in [1.82, 2.24) is 4.90 Å². The van der Waals surface area contributed by atoms with Gasteiger partial charge in [0.1, 0.15) is 0 Å². The number of rotatable bonds is 8.